The number of aryl methyl sites for hydroxylation is 2. The monoisotopic (exact) mass is 306 g/mol. The number of rotatable bonds is 4. The summed E-state index contributed by atoms with van der Waals surface area (Å²) in [5.41, 5.74) is 9.54. The molecule has 5 heteroatoms. The fourth-order valence-electron chi connectivity index (χ4n) is 3.35. The highest BCUT2D eigenvalue weighted by Gasteiger charge is 2.21. The number of sulfone groups is 1. The molecule has 0 fully saturated rings. The molecule has 1 aliphatic carbocycles. The van der Waals surface area contributed by atoms with E-state index in [1.54, 1.807) is 6.07 Å². The second-order valence-electron chi connectivity index (χ2n) is 5.88. The van der Waals surface area contributed by atoms with Gasteiger partial charge in [-0.3, -0.25) is 0 Å². The highest BCUT2D eigenvalue weighted by Crippen LogP contribution is 2.33. The van der Waals surface area contributed by atoms with Crippen LogP contribution in [-0.2, 0) is 29.2 Å². The zero-order valence-corrected chi connectivity index (χ0v) is 13.2. The fourth-order valence-corrected chi connectivity index (χ4v) is 4.00. The van der Waals surface area contributed by atoms with Crippen molar-refractivity contribution in [3.05, 3.63) is 29.5 Å². The van der Waals surface area contributed by atoms with E-state index < -0.39 is 9.84 Å². The van der Waals surface area contributed by atoms with Crippen LogP contribution < -0.4 is 5.73 Å². The third-order valence-electron chi connectivity index (χ3n) is 4.36. The standard InChI is InChI=1S/C16H22N2O2S/c1-21(19,20)12-7-8-16-14(11-12)13-5-2-3-6-15(13)18(16)10-4-9-17/h7-8,11H,2-6,9-10,17H2,1H3. The van der Waals surface area contributed by atoms with Crippen molar-refractivity contribution in [3.8, 4) is 0 Å². The normalized spacial score (nSPS) is 15.3. The molecule has 0 aliphatic heterocycles. The number of aromatic nitrogens is 1. The van der Waals surface area contributed by atoms with E-state index in [4.69, 9.17) is 5.73 Å². The van der Waals surface area contributed by atoms with E-state index in [0.717, 1.165) is 36.7 Å². The van der Waals surface area contributed by atoms with Crippen molar-refractivity contribution in [2.75, 3.05) is 12.8 Å². The van der Waals surface area contributed by atoms with Gasteiger partial charge in [-0.25, -0.2) is 8.42 Å². The summed E-state index contributed by atoms with van der Waals surface area (Å²) in [5.74, 6) is 0. The number of nitrogens with two attached hydrogens (primary N) is 1. The van der Waals surface area contributed by atoms with Crippen molar-refractivity contribution < 1.29 is 8.42 Å². The highest BCUT2D eigenvalue weighted by molar-refractivity contribution is 7.90. The van der Waals surface area contributed by atoms with Crippen LogP contribution in [0, 0.1) is 0 Å². The number of benzene rings is 1. The second-order valence-corrected chi connectivity index (χ2v) is 7.89. The zero-order valence-electron chi connectivity index (χ0n) is 12.4. The molecule has 0 unspecified atom stereocenters. The minimum absolute atomic E-state index is 0.416. The molecule has 1 aromatic heterocycles. The lowest BCUT2D eigenvalue weighted by Crippen LogP contribution is -2.11. The van der Waals surface area contributed by atoms with Gasteiger partial charge in [0.2, 0.25) is 0 Å². The number of nitrogens with zero attached hydrogens (tertiary/aromatic N) is 1. The smallest absolute Gasteiger partial charge is 0.175 e. The SMILES string of the molecule is CS(=O)(=O)c1ccc2c(c1)c1c(n2CCCN)CCCC1. The first-order chi connectivity index (χ1) is 10.0. The van der Waals surface area contributed by atoms with Crippen LogP contribution in [-0.4, -0.2) is 25.8 Å². The van der Waals surface area contributed by atoms with Gasteiger partial charge in [-0.05, 0) is 62.4 Å². The van der Waals surface area contributed by atoms with Gasteiger partial charge in [-0.1, -0.05) is 0 Å². The van der Waals surface area contributed by atoms with Crippen molar-refractivity contribution in [2.45, 2.75) is 43.5 Å². The Balaban J connectivity index is 2.22. The molecule has 21 heavy (non-hydrogen) atoms. The van der Waals surface area contributed by atoms with E-state index in [0.29, 0.717) is 11.4 Å². The van der Waals surface area contributed by atoms with E-state index in [-0.39, 0.29) is 0 Å². The molecule has 0 amide bonds. The largest absolute Gasteiger partial charge is 0.344 e. The van der Waals surface area contributed by atoms with Gasteiger partial charge in [-0.2, -0.15) is 0 Å². The minimum atomic E-state index is -3.16. The van der Waals surface area contributed by atoms with Gasteiger partial charge < -0.3 is 10.3 Å². The van der Waals surface area contributed by atoms with Crippen LogP contribution in [0.2, 0.25) is 0 Å². The zero-order chi connectivity index (χ0) is 15.0. The van der Waals surface area contributed by atoms with Gasteiger partial charge >= 0.3 is 0 Å². The minimum Gasteiger partial charge on any atom is -0.344 e. The van der Waals surface area contributed by atoms with E-state index in [2.05, 4.69) is 4.57 Å². The average Bonchev–Trinajstić information content (AvgIpc) is 2.78. The lowest BCUT2D eigenvalue weighted by molar-refractivity contribution is 0.596. The summed E-state index contributed by atoms with van der Waals surface area (Å²) in [7, 11) is -3.16. The Labute approximate surface area is 125 Å². The average molecular weight is 306 g/mol. The van der Waals surface area contributed by atoms with Crippen molar-refractivity contribution in [1.29, 1.82) is 0 Å². The van der Waals surface area contributed by atoms with Crippen molar-refractivity contribution >= 4 is 20.7 Å². The van der Waals surface area contributed by atoms with Gasteiger partial charge in [0.25, 0.3) is 0 Å². The van der Waals surface area contributed by atoms with Crippen LogP contribution in [0.3, 0.4) is 0 Å². The molecule has 1 heterocycles. The first-order valence-corrected chi connectivity index (χ1v) is 9.45. The predicted octanol–water partition coefficient (Wildman–Crippen LogP) is 2.27. The van der Waals surface area contributed by atoms with E-state index in [1.165, 1.54) is 30.4 Å². The Morgan fingerprint density at radius 2 is 2.00 bits per heavy atom. The maximum Gasteiger partial charge on any atom is 0.175 e. The summed E-state index contributed by atoms with van der Waals surface area (Å²) in [4.78, 5) is 0.416. The second kappa shape index (κ2) is 5.46. The Hall–Kier alpha value is -1.33. The molecular formula is C16H22N2O2S. The molecule has 114 valence electrons. The van der Waals surface area contributed by atoms with Gasteiger partial charge in [0, 0.05) is 29.4 Å². The Kier molecular flexibility index (Phi) is 3.80. The molecular weight excluding hydrogens is 284 g/mol. The van der Waals surface area contributed by atoms with Crippen LogP contribution in [0.4, 0.5) is 0 Å². The van der Waals surface area contributed by atoms with Gasteiger partial charge in [0.15, 0.2) is 9.84 Å². The number of hydrogen-bond acceptors (Lipinski definition) is 3. The van der Waals surface area contributed by atoms with Gasteiger partial charge in [0.1, 0.15) is 0 Å². The molecule has 1 aromatic carbocycles. The Bertz CT molecular complexity index is 775. The van der Waals surface area contributed by atoms with Gasteiger partial charge in [-0.15, -0.1) is 0 Å². The summed E-state index contributed by atoms with van der Waals surface area (Å²) in [6.45, 7) is 1.59. The molecule has 0 radical (unpaired) electrons. The van der Waals surface area contributed by atoms with E-state index in [9.17, 15) is 8.42 Å². The van der Waals surface area contributed by atoms with Crippen molar-refractivity contribution in [2.24, 2.45) is 5.73 Å². The van der Waals surface area contributed by atoms with Crippen LogP contribution >= 0.6 is 0 Å². The molecule has 0 atom stereocenters. The molecule has 1 aliphatic rings. The molecule has 4 nitrogen and oxygen atoms in total. The molecule has 3 rings (SSSR count). The molecule has 0 bridgehead atoms. The molecule has 2 N–H and O–H groups in total. The maximum atomic E-state index is 11.8. The fraction of sp³-hybridized carbons (Fsp3) is 0.500. The molecule has 2 aromatic rings. The summed E-state index contributed by atoms with van der Waals surface area (Å²) < 4.78 is 26.0. The summed E-state index contributed by atoms with van der Waals surface area (Å²) in [5, 5.41) is 1.12. The lowest BCUT2D eigenvalue weighted by Gasteiger charge is -2.15. The molecule has 0 saturated heterocycles. The van der Waals surface area contributed by atoms with Gasteiger partial charge in [0.05, 0.1) is 4.90 Å². The van der Waals surface area contributed by atoms with Crippen LogP contribution in [0.25, 0.3) is 10.9 Å². The van der Waals surface area contributed by atoms with Crippen LogP contribution in [0.5, 0.6) is 0 Å². The summed E-state index contributed by atoms with van der Waals surface area (Å²) in [6, 6.07) is 5.54. The summed E-state index contributed by atoms with van der Waals surface area (Å²) >= 11 is 0. The lowest BCUT2D eigenvalue weighted by atomic mass is 9.95. The van der Waals surface area contributed by atoms with Crippen LogP contribution in [0.15, 0.2) is 23.1 Å². The quantitative estimate of drug-likeness (QED) is 0.942. The third kappa shape index (κ3) is 2.60. The van der Waals surface area contributed by atoms with Crippen molar-refractivity contribution in [1.82, 2.24) is 4.57 Å². The number of fused-ring (bicyclic) bond motifs is 3. The van der Waals surface area contributed by atoms with Crippen LogP contribution in [0.1, 0.15) is 30.5 Å². The topological polar surface area (TPSA) is 65.1 Å². The molecule has 0 saturated carbocycles. The Morgan fingerprint density at radius 3 is 2.71 bits per heavy atom. The highest BCUT2D eigenvalue weighted by atomic mass is 32.2. The summed E-state index contributed by atoms with van der Waals surface area (Å²) in [6.07, 6.45) is 6.75. The van der Waals surface area contributed by atoms with E-state index in [1.807, 2.05) is 12.1 Å². The third-order valence-corrected chi connectivity index (χ3v) is 5.47. The Morgan fingerprint density at radius 1 is 1.24 bits per heavy atom. The van der Waals surface area contributed by atoms with Crippen molar-refractivity contribution in [3.63, 3.8) is 0 Å². The first-order valence-electron chi connectivity index (χ1n) is 7.56. The molecule has 0 spiro atoms. The predicted molar refractivity (Wildman–Crippen MR) is 85.4 cm³/mol. The first kappa shape index (κ1) is 14.6. The number of hydrogen-bond donors (Lipinski definition) is 1. The van der Waals surface area contributed by atoms with E-state index >= 15 is 0 Å². The maximum absolute atomic E-state index is 11.8.